The Labute approximate surface area is 245 Å². The van der Waals surface area contributed by atoms with Crippen LogP contribution < -0.4 is 10.1 Å². The van der Waals surface area contributed by atoms with Crippen molar-refractivity contribution in [1.82, 2.24) is 4.90 Å². The number of likely N-dealkylation sites (tertiary alicyclic amines) is 1. The summed E-state index contributed by atoms with van der Waals surface area (Å²) in [5, 5.41) is 2.69. The molecule has 42 heavy (non-hydrogen) atoms. The van der Waals surface area contributed by atoms with E-state index in [1.807, 2.05) is 69.3 Å². The predicted octanol–water partition coefficient (Wildman–Crippen LogP) is 4.87. The minimum atomic E-state index is -1.11. The summed E-state index contributed by atoms with van der Waals surface area (Å²) in [6, 6.07) is 21.8. The van der Waals surface area contributed by atoms with E-state index in [9.17, 15) is 19.2 Å². The maximum absolute atomic E-state index is 14.1. The Bertz CT molecular complexity index is 1430. The van der Waals surface area contributed by atoms with E-state index >= 15 is 0 Å². The number of esters is 1. The Morgan fingerprint density at radius 2 is 1.31 bits per heavy atom. The fourth-order valence-electron chi connectivity index (χ4n) is 6.99. The number of hydrogen-bond donors (Lipinski definition) is 1. The van der Waals surface area contributed by atoms with Crippen LogP contribution in [0.25, 0.3) is 0 Å². The largest absolute Gasteiger partial charge is 0.494 e. The molecule has 0 radical (unpaired) electrons. The van der Waals surface area contributed by atoms with Crippen LogP contribution in [0.3, 0.4) is 0 Å². The normalized spacial score (nSPS) is 22.3. The standard InChI is InChI=1S/C34H34N2O6/c1-4-41-21-15-13-20(14-16-21)35-27(37)18-42-34(40)26(17-19(2)3)36-32(38)30-28-22-9-5-6-10-23(22)29(31(30)33(36)39)25-12-8-7-11-24(25)28/h5-16,19,26,28-31H,4,17-18H2,1-3H3,(H,35,37)/t26-,28?,29?,30-,31+/m1/s1. The van der Waals surface area contributed by atoms with Crippen LogP contribution in [0.15, 0.2) is 72.8 Å². The highest BCUT2D eigenvalue weighted by Crippen LogP contribution is 2.61. The molecule has 1 saturated heterocycles. The SMILES string of the molecule is CCOc1ccc(NC(=O)COC(=O)[C@@H](CC(C)C)N2C(=O)[C@@H]3C4c5ccccc5C(c5ccccc54)[C@@H]3C2=O)cc1. The number of nitrogens with zero attached hydrogens (tertiary/aromatic N) is 1. The van der Waals surface area contributed by atoms with Crippen molar-refractivity contribution in [1.29, 1.82) is 0 Å². The van der Waals surface area contributed by atoms with Crippen molar-refractivity contribution in [2.45, 2.75) is 45.1 Å². The number of nitrogens with one attached hydrogen (secondary N) is 1. The van der Waals surface area contributed by atoms with Gasteiger partial charge in [0.1, 0.15) is 11.8 Å². The third-order valence-electron chi connectivity index (χ3n) is 8.56. The highest BCUT2D eigenvalue weighted by molar-refractivity contribution is 6.10. The van der Waals surface area contributed by atoms with Gasteiger partial charge in [0.05, 0.1) is 18.4 Å². The lowest BCUT2D eigenvalue weighted by Crippen LogP contribution is -2.47. The van der Waals surface area contributed by atoms with Gasteiger partial charge in [0.15, 0.2) is 6.61 Å². The summed E-state index contributed by atoms with van der Waals surface area (Å²) < 4.78 is 10.9. The number of imide groups is 1. The highest BCUT2D eigenvalue weighted by atomic mass is 16.5. The van der Waals surface area contributed by atoms with Crippen LogP contribution in [0.5, 0.6) is 5.75 Å². The van der Waals surface area contributed by atoms with Gasteiger partial charge in [-0.2, -0.15) is 0 Å². The van der Waals surface area contributed by atoms with Crippen molar-refractivity contribution < 1.29 is 28.7 Å². The molecule has 3 amide bonds. The molecular weight excluding hydrogens is 532 g/mol. The molecule has 4 aliphatic rings. The maximum atomic E-state index is 14.1. The number of rotatable bonds is 9. The van der Waals surface area contributed by atoms with E-state index < -0.39 is 36.4 Å². The molecule has 3 aromatic rings. The minimum absolute atomic E-state index is 0.00502. The average molecular weight is 567 g/mol. The molecule has 3 aliphatic carbocycles. The topological polar surface area (TPSA) is 102 Å². The smallest absolute Gasteiger partial charge is 0.329 e. The van der Waals surface area contributed by atoms with Crippen LogP contribution in [0.4, 0.5) is 5.69 Å². The second-order valence-electron chi connectivity index (χ2n) is 11.6. The number of hydrogen-bond acceptors (Lipinski definition) is 6. The molecule has 1 aliphatic heterocycles. The number of anilines is 1. The summed E-state index contributed by atoms with van der Waals surface area (Å²) in [4.78, 5) is 55.5. The molecule has 3 atom stereocenters. The fraction of sp³-hybridized carbons (Fsp3) is 0.353. The first-order valence-electron chi connectivity index (χ1n) is 14.5. The first kappa shape index (κ1) is 27.7. The Morgan fingerprint density at radius 3 is 1.76 bits per heavy atom. The molecule has 216 valence electrons. The van der Waals surface area contributed by atoms with Gasteiger partial charge in [-0.05, 0) is 65.8 Å². The predicted molar refractivity (Wildman–Crippen MR) is 156 cm³/mol. The van der Waals surface area contributed by atoms with E-state index in [1.165, 1.54) is 0 Å². The lowest BCUT2D eigenvalue weighted by Gasteiger charge is -2.45. The molecule has 2 bridgehead atoms. The third-order valence-corrected chi connectivity index (χ3v) is 8.56. The van der Waals surface area contributed by atoms with Gasteiger partial charge in [0.25, 0.3) is 5.91 Å². The molecule has 0 spiro atoms. The number of ether oxygens (including phenoxy) is 2. The molecule has 0 saturated carbocycles. The second kappa shape index (κ2) is 11.1. The van der Waals surface area contributed by atoms with Crippen LogP contribution in [0.1, 0.15) is 61.3 Å². The molecule has 0 unspecified atom stereocenters. The Balaban J connectivity index is 1.23. The summed E-state index contributed by atoms with van der Waals surface area (Å²) >= 11 is 0. The number of benzene rings is 3. The van der Waals surface area contributed by atoms with E-state index in [-0.39, 0.29) is 36.0 Å². The van der Waals surface area contributed by atoms with Gasteiger partial charge < -0.3 is 14.8 Å². The summed E-state index contributed by atoms with van der Waals surface area (Å²) in [6.45, 7) is 5.73. The van der Waals surface area contributed by atoms with Crippen molar-refractivity contribution >= 4 is 29.4 Å². The molecule has 8 heteroatoms. The van der Waals surface area contributed by atoms with E-state index in [4.69, 9.17) is 9.47 Å². The van der Waals surface area contributed by atoms with E-state index in [0.29, 0.717) is 18.0 Å². The van der Waals surface area contributed by atoms with Gasteiger partial charge in [-0.25, -0.2) is 4.79 Å². The Hall–Kier alpha value is -4.46. The summed E-state index contributed by atoms with van der Waals surface area (Å²) in [6.07, 6.45) is 0.242. The number of carbonyl (C=O) groups excluding carboxylic acids is 4. The molecule has 1 fully saturated rings. The minimum Gasteiger partial charge on any atom is -0.494 e. The molecule has 7 rings (SSSR count). The fourth-order valence-corrected chi connectivity index (χ4v) is 6.99. The van der Waals surface area contributed by atoms with Crippen LogP contribution in [-0.4, -0.2) is 47.8 Å². The molecule has 1 heterocycles. The summed E-state index contributed by atoms with van der Waals surface area (Å²) in [7, 11) is 0. The molecule has 3 aromatic carbocycles. The molecule has 1 N–H and O–H groups in total. The first-order valence-corrected chi connectivity index (χ1v) is 14.5. The summed E-state index contributed by atoms with van der Waals surface area (Å²) in [5.41, 5.74) is 4.80. The molecule has 0 aromatic heterocycles. The Morgan fingerprint density at radius 1 is 0.810 bits per heavy atom. The van der Waals surface area contributed by atoms with Gasteiger partial charge in [-0.15, -0.1) is 0 Å². The summed E-state index contributed by atoms with van der Waals surface area (Å²) in [5.74, 6) is -2.98. The van der Waals surface area contributed by atoms with Crippen LogP contribution in [-0.2, 0) is 23.9 Å². The van der Waals surface area contributed by atoms with Crippen LogP contribution in [0.2, 0.25) is 0 Å². The lowest BCUT2D eigenvalue weighted by molar-refractivity contribution is -0.160. The second-order valence-corrected chi connectivity index (χ2v) is 11.6. The quantitative estimate of drug-likeness (QED) is 0.293. The van der Waals surface area contributed by atoms with Crippen molar-refractivity contribution in [3.05, 3.63) is 95.1 Å². The van der Waals surface area contributed by atoms with Crippen molar-refractivity contribution in [2.75, 3.05) is 18.5 Å². The lowest BCUT2D eigenvalue weighted by atomic mass is 9.55. The van der Waals surface area contributed by atoms with Crippen molar-refractivity contribution in [3.8, 4) is 5.75 Å². The number of amides is 3. The zero-order valence-corrected chi connectivity index (χ0v) is 23.9. The van der Waals surface area contributed by atoms with E-state index in [2.05, 4.69) is 5.32 Å². The molecule has 8 nitrogen and oxygen atoms in total. The highest BCUT2D eigenvalue weighted by Gasteiger charge is 2.63. The maximum Gasteiger partial charge on any atom is 0.329 e. The first-order chi connectivity index (χ1) is 20.3. The third kappa shape index (κ3) is 4.65. The van der Waals surface area contributed by atoms with Gasteiger partial charge in [-0.3, -0.25) is 19.3 Å². The van der Waals surface area contributed by atoms with Gasteiger partial charge in [-0.1, -0.05) is 62.4 Å². The van der Waals surface area contributed by atoms with Gasteiger partial charge in [0.2, 0.25) is 11.8 Å². The molecular formula is C34H34N2O6. The monoisotopic (exact) mass is 566 g/mol. The van der Waals surface area contributed by atoms with Crippen LogP contribution >= 0.6 is 0 Å². The number of carbonyl (C=O) groups is 4. The van der Waals surface area contributed by atoms with E-state index in [1.54, 1.807) is 24.3 Å². The zero-order chi connectivity index (χ0) is 29.5. The van der Waals surface area contributed by atoms with Crippen LogP contribution in [0, 0.1) is 17.8 Å². The van der Waals surface area contributed by atoms with Crippen molar-refractivity contribution in [3.63, 3.8) is 0 Å². The Kier molecular flexibility index (Phi) is 7.31. The average Bonchev–Trinajstić information content (AvgIpc) is 3.25. The zero-order valence-electron chi connectivity index (χ0n) is 23.9. The van der Waals surface area contributed by atoms with Gasteiger partial charge >= 0.3 is 5.97 Å². The van der Waals surface area contributed by atoms with Gasteiger partial charge in [0, 0.05) is 17.5 Å². The van der Waals surface area contributed by atoms with E-state index in [0.717, 1.165) is 27.2 Å². The van der Waals surface area contributed by atoms with Crippen molar-refractivity contribution in [2.24, 2.45) is 17.8 Å².